The van der Waals surface area contributed by atoms with Gasteiger partial charge in [-0.15, -0.1) is 0 Å². The van der Waals surface area contributed by atoms with Crippen molar-refractivity contribution in [2.45, 2.75) is 50.2 Å². The van der Waals surface area contributed by atoms with Crippen LogP contribution in [0.5, 0.6) is 0 Å². The third kappa shape index (κ3) is 3.34. The Morgan fingerprint density at radius 1 is 0.968 bits per heavy atom. The van der Waals surface area contributed by atoms with Crippen molar-refractivity contribution in [1.82, 2.24) is 5.32 Å². The fourth-order valence-electron chi connectivity index (χ4n) is 6.75. The zero-order chi connectivity index (χ0) is 22.0. The summed E-state index contributed by atoms with van der Waals surface area (Å²) in [5, 5.41) is 2.91. The number of benzene rings is 2. The first-order valence-electron chi connectivity index (χ1n) is 10.6. The van der Waals surface area contributed by atoms with Gasteiger partial charge in [-0.2, -0.15) is 0 Å². The number of rotatable bonds is 4. The number of carbonyl (C=O) groups is 1. The molecule has 4 saturated carbocycles. The predicted octanol–water partition coefficient (Wildman–Crippen LogP) is 6.38. The van der Waals surface area contributed by atoms with E-state index in [0.717, 1.165) is 30.9 Å². The molecule has 0 aromatic heterocycles. The molecule has 4 aliphatic rings. The molecule has 4 fully saturated rings. The van der Waals surface area contributed by atoms with Crippen molar-refractivity contribution < 1.29 is 22.4 Å². The summed E-state index contributed by atoms with van der Waals surface area (Å²) in [7, 11) is 0. The molecule has 31 heavy (non-hydrogen) atoms. The van der Waals surface area contributed by atoms with Gasteiger partial charge in [0.2, 0.25) is 12.2 Å². The zero-order valence-electron chi connectivity index (χ0n) is 16.7. The molecule has 0 heterocycles. The summed E-state index contributed by atoms with van der Waals surface area (Å²) < 4.78 is 55.6. The second-order valence-corrected chi connectivity index (χ2v) is 10.1. The van der Waals surface area contributed by atoms with Crippen LogP contribution in [0.15, 0.2) is 36.4 Å². The molecule has 0 aliphatic heterocycles. The zero-order valence-corrected chi connectivity index (χ0v) is 17.5. The van der Waals surface area contributed by atoms with Crippen LogP contribution in [-0.2, 0) is 10.2 Å². The van der Waals surface area contributed by atoms with E-state index < -0.39 is 40.6 Å². The van der Waals surface area contributed by atoms with Crippen LogP contribution >= 0.6 is 11.6 Å². The minimum Gasteiger partial charge on any atom is -0.322 e. The van der Waals surface area contributed by atoms with Gasteiger partial charge >= 0.3 is 0 Å². The first-order valence-corrected chi connectivity index (χ1v) is 10.9. The van der Waals surface area contributed by atoms with E-state index in [-0.39, 0.29) is 5.41 Å². The Kier molecular flexibility index (Phi) is 4.85. The second kappa shape index (κ2) is 7.22. The molecule has 6 rings (SSSR count). The van der Waals surface area contributed by atoms with Crippen molar-refractivity contribution in [3.63, 3.8) is 0 Å². The van der Waals surface area contributed by atoms with E-state index in [1.54, 1.807) is 0 Å². The molecule has 7 heteroatoms. The molecule has 0 spiro atoms. The summed E-state index contributed by atoms with van der Waals surface area (Å²) in [6.45, 7) is 0. The van der Waals surface area contributed by atoms with Crippen molar-refractivity contribution in [3.05, 3.63) is 70.0 Å². The molecule has 3 atom stereocenters. The number of amides is 1. The molecular formula is C24H22ClF4NO. The van der Waals surface area contributed by atoms with E-state index >= 15 is 0 Å². The lowest BCUT2D eigenvalue weighted by Crippen LogP contribution is -2.59. The second-order valence-electron chi connectivity index (χ2n) is 9.63. The van der Waals surface area contributed by atoms with Crippen molar-refractivity contribution in [1.29, 1.82) is 0 Å². The van der Waals surface area contributed by atoms with Gasteiger partial charge in [0.25, 0.3) is 0 Å². The molecule has 1 N–H and O–H groups in total. The van der Waals surface area contributed by atoms with Gasteiger partial charge in [0.05, 0.1) is 5.41 Å². The fourth-order valence-corrected chi connectivity index (χ4v) is 6.88. The maximum Gasteiger partial charge on any atom is 0.228 e. The summed E-state index contributed by atoms with van der Waals surface area (Å²) in [4.78, 5) is 13.3. The number of hydrogen-bond donors (Lipinski definition) is 1. The summed E-state index contributed by atoms with van der Waals surface area (Å²) in [6.07, 6.45) is 2.69. The smallest absolute Gasteiger partial charge is 0.228 e. The van der Waals surface area contributed by atoms with Crippen LogP contribution in [0.1, 0.15) is 55.9 Å². The van der Waals surface area contributed by atoms with Crippen molar-refractivity contribution in [2.24, 2.45) is 17.3 Å². The Morgan fingerprint density at radius 3 is 2.26 bits per heavy atom. The minimum absolute atomic E-state index is 0.162. The van der Waals surface area contributed by atoms with Gasteiger partial charge in [-0.05, 0) is 85.6 Å². The lowest BCUT2D eigenvalue weighted by Gasteiger charge is -2.61. The van der Waals surface area contributed by atoms with Gasteiger partial charge in [0.15, 0.2) is 17.5 Å². The van der Waals surface area contributed by atoms with E-state index in [2.05, 4.69) is 5.32 Å². The van der Waals surface area contributed by atoms with Gasteiger partial charge in [0.1, 0.15) is 0 Å². The Labute approximate surface area is 183 Å². The summed E-state index contributed by atoms with van der Waals surface area (Å²) in [5.41, 5.74) is -0.468. The van der Waals surface area contributed by atoms with Gasteiger partial charge in [-0.25, -0.2) is 17.6 Å². The van der Waals surface area contributed by atoms with E-state index in [1.165, 1.54) is 0 Å². The van der Waals surface area contributed by atoms with Crippen LogP contribution in [0, 0.1) is 34.7 Å². The van der Waals surface area contributed by atoms with Gasteiger partial charge in [0, 0.05) is 10.6 Å². The Bertz CT molecular complexity index is 1030. The van der Waals surface area contributed by atoms with Gasteiger partial charge in [-0.3, -0.25) is 4.79 Å². The first kappa shape index (κ1) is 20.8. The molecule has 164 valence electrons. The van der Waals surface area contributed by atoms with Gasteiger partial charge < -0.3 is 5.32 Å². The normalized spacial score (nSPS) is 32.2. The lowest BCUT2D eigenvalue weighted by molar-refractivity contribution is -0.151. The van der Waals surface area contributed by atoms with Crippen LogP contribution in [0.25, 0.3) is 0 Å². The molecule has 1 amide bonds. The van der Waals surface area contributed by atoms with Crippen molar-refractivity contribution >= 4 is 17.5 Å². The molecule has 2 aromatic rings. The van der Waals surface area contributed by atoms with Gasteiger partial charge in [-0.1, -0.05) is 23.7 Å². The van der Waals surface area contributed by atoms with Crippen molar-refractivity contribution in [3.8, 4) is 0 Å². The maximum atomic E-state index is 14.8. The molecule has 2 nitrogen and oxygen atoms in total. The topological polar surface area (TPSA) is 29.1 Å². The van der Waals surface area contributed by atoms with E-state index in [1.807, 2.05) is 24.3 Å². The summed E-state index contributed by atoms with van der Waals surface area (Å²) in [5.74, 6) is -4.51. The van der Waals surface area contributed by atoms with E-state index in [0.29, 0.717) is 42.2 Å². The molecule has 4 bridgehead atoms. The quantitative estimate of drug-likeness (QED) is 0.326. The number of halogens is 5. The number of alkyl halides is 1. The Hall–Kier alpha value is -2.08. The highest BCUT2D eigenvalue weighted by Crippen LogP contribution is 2.65. The Balaban J connectivity index is 1.43. The summed E-state index contributed by atoms with van der Waals surface area (Å²) in [6, 6.07) is 9.21. The molecule has 4 aliphatic carbocycles. The largest absolute Gasteiger partial charge is 0.322 e. The average Bonchev–Trinajstić information content (AvgIpc) is 2.71. The van der Waals surface area contributed by atoms with Crippen LogP contribution in [0.2, 0.25) is 5.02 Å². The molecule has 2 aromatic carbocycles. The van der Waals surface area contributed by atoms with Crippen LogP contribution in [-0.4, -0.2) is 5.91 Å². The summed E-state index contributed by atoms with van der Waals surface area (Å²) >= 11 is 6.06. The molecule has 0 saturated heterocycles. The maximum absolute atomic E-state index is 14.8. The standard InChI is InChI=1S/C24H22ClF4NO/c25-16-3-1-15(2-4-16)23-8-13-7-14(9-23)11-24(10-13,12-23)22(31)30-21(29)17-5-6-18(26)20(28)19(17)27/h1-6,13-14,21H,7-12H2,(H,30,31). The molecular weight excluding hydrogens is 430 g/mol. The van der Waals surface area contributed by atoms with E-state index in [4.69, 9.17) is 11.6 Å². The SMILES string of the molecule is O=C(NC(F)c1ccc(F)c(F)c1F)C12CC3CC(C1)CC(c1ccc(Cl)cc1)(C3)C2. The molecule has 3 unspecified atom stereocenters. The Morgan fingerprint density at radius 2 is 1.61 bits per heavy atom. The molecule has 0 radical (unpaired) electrons. The number of carbonyl (C=O) groups excluding carboxylic acids is 1. The average molecular weight is 452 g/mol. The third-order valence-corrected chi connectivity index (χ3v) is 7.85. The lowest BCUT2D eigenvalue weighted by atomic mass is 9.42. The van der Waals surface area contributed by atoms with Crippen molar-refractivity contribution in [2.75, 3.05) is 0 Å². The highest BCUT2D eigenvalue weighted by atomic mass is 35.5. The third-order valence-electron chi connectivity index (χ3n) is 7.60. The highest BCUT2D eigenvalue weighted by Gasteiger charge is 2.61. The number of nitrogens with one attached hydrogen (secondary N) is 1. The van der Waals surface area contributed by atoms with Crippen LogP contribution < -0.4 is 5.32 Å². The van der Waals surface area contributed by atoms with Crippen LogP contribution in [0.4, 0.5) is 17.6 Å². The first-order chi connectivity index (χ1) is 14.7. The van der Waals surface area contributed by atoms with Crippen LogP contribution in [0.3, 0.4) is 0 Å². The predicted molar refractivity (Wildman–Crippen MR) is 109 cm³/mol. The van der Waals surface area contributed by atoms with E-state index in [9.17, 15) is 22.4 Å². The minimum atomic E-state index is -2.25. The fraction of sp³-hybridized carbons (Fsp3) is 0.458. The highest BCUT2D eigenvalue weighted by molar-refractivity contribution is 6.30. The number of hydrogen-bond acceptors (Lipinski definition) is 1. The monoisotopic (exact) mass is 451 g/mol.